The van der Waals surface area contributed by atoms with Crippen molar-refractivity contribution in [1.29, 1.82) is 5.26 Å². The highest BCUT2D eigenvalue weighted by Crippen LogP contribution is 2.10. The molecule has 13 heavy (non-hydrogen) atoms. The number of amides is 1. The lowest BCUT2D eigenvalue weighted by Crippen LogP contribution is -2.08. The normalized spacial score (nSPS) is 8.85. The molecule has 0 unspecified atom stereocenters. The number of rotatable bonds is 2. The van der Waals surface area contributed by atoms with Gasteiger partial charge < -0.3 is 10.1 Å². The van der Waals surface area contributed by atoms with Crippen molar-refractivity contribution in [3.05, 3.63) is 29.8 Å². The molecule has 0 bridgehead atoms. The lowest BCUT2D eigenvalue weighted by Gasteiger charge is -2.03. The summed E-state index contributed by atoms with van der Waals surface area (Å²) >= 11 is 2.04. The number of carbonyl (C=O) groups excluding carboxylic acids is 1. The van der Waals surface area contributed by atoms with E-state index in [0.717, 1.165) is 5.56 Å². The minimum Gasteiger partial charge on any atom is -0.345 e. The smallest absolute Gasteiger partial charge is 0.281 e. The van der Waals surface area contributed by atoms with Crippen LogP contribution >= 0.6 is 0 Å². The fourth-order valence-corrected chi connectivity index (χ4v) is 1.16. The summed E-state index contributed by atoms with van der Waals surface area (Å²) in [4.78, 5) is 10.7. The van der Waals surface area contributed by atoms with E-state index in [1.807, 2.05) is 34.5 Å². The van der Waals surface area contributed by atoms with E-state index in [9.17, 15) is 4.79 Å². The molecule has 4 heteroatoms. The van der Waals surface area contributed by atoms with Gasteiger partial charge in [0.15, 0.2) is 0 Å². The molecule has 0 fully saturated rings. The zero-order valence-corrected chi connectivity index (χ0v) is 8.10. The Morgan fingerprint density at radius 1 is 1.62 bits per heavy atom. The van der Waals surface area contributed by atoms with Crippen molar-refractivity contribution in [1.82, 2.24) is 0 Å². The first-order valence-corrected chi connectivity index (χ1v) is 4.32. The van der Waals surface area contributed by atoms with Crippen LogP contribution in [0.3, 0.4) is 0 Å². The number of nitrogens with one attached hydrogen (secondary N) is 1. The van der Waals surface area contributed by atoms with Gasteiger partial charge in [-0.1, -0.05) is 12.1 Å². The highest BCUT2D eigenvalue weighted by Gasteiger charge is 1.95. The average Bonchev–Trinajstić information content (AvgIpc) is 2.04. The van der Waals surface area contributed by atoms with Gasteiger partial charge >= 0.3 is 0 Å². The Morgan fingerprint density at radius 2 is 2.38 bits per heavy atom. The summed E-state index contributed by atoms with van der Waals surface area (Å²) in [5, 5.41) is 11.1. The van der Waals surface area contributed by atoms with Gasteiger partial charge in [-0.15, -0.1) is 0 Å². The molecule has 0 heterocycles. The maximum Gasteiger partial charge on any atom is 0.281 e. The third-order valence-corrected chi connectivity index (χ3v) is 1.62. The lowest BCUT2D eigenvalue weighted by molar-refractivity contribution is 0.269. The Labute approximate surface area is 84.8 Å². The van der Waals surface area contributed by atoms with Crippen molar-refractivity contribution >= 4 is 26.7 Å². The van der Waals surface area contributed by atoms with Gasteiger partial charge in [0.05, 0.1) is 12.5 Å². The molecule has 0 aliphatic carbocycles. The Morgan fingerprint density at radius 3 is 3.00 bits per heavy atom. The molecule has 0 aliphatic heterocycles. The van der Waals surface area contributed by atoms with Crippen LogP contribution in [0.15, 0.2) is 24.3 Å². The third-order valence-electron chi connectivity index (χ3n) is 1.48. The van der Waals surface area contributed by atoms with Crippen LogP contribution in [-0.4, -0.2) is 21.1 Å². The predicted molar refractivity (Wildman–Crippen MR) is 50.5 cm³/mol. The molecule has 1 rings (SSSR count). The Bertz CT molecular complexity index is 357. The van der Waals surface area contributed by atoms with Crippen molar-refractivity contribution in [3.63, 3.8) is 0 Å². The van der Waals surface area contributed by atoms with Crippen LogP contribution in [0.1, 0.15) is 5.56 Å². The molecule has 1 aromatic carbocycles. The average molecular weight is 186 g/mol. The second-order valence-corrected chi connectivity index (χ2v) is 3.05. The molecule has 0 saturated heterocycles. The van der Waals surface area contributed by atoms with Gasteiger partial charge in [-0.25, -0.2) is 0 Å². The number of nitrogens with zero attached hydrogens (tertiary/aromatic N) is 1. The van der Waals surface area contributed by atoms with Gasteiger partial charge in [0.2, 0.25) is 0 Å². The van der Waals surface area contributed by atoms with E-state index in [4.69, 9.17) is 5.26 Å². The molecular formula is C9H7AlN2O. The molecular weight excluding hydrogens is 179 g/mol. The molecule has 1 N–H and O–H groups in total. The standard InChI is InChI=1S/C9H7N2O.Al/c10-5-4-8-2-1-3-9(6-8)11-7-12;/h1-3,6H,4H2,(H,11,12);. The summed E-state index contributed by atoms with van der Waals surface area (Å²) < 4.78 is -0.186. The molecule has 2 radical (unpaired) electrons. The van der Waals surface area contributed by atoms with E-state index in [1.54, 1.807) is 12.1 Å². The second kappa shape index (κ2) is 4.67. The van der Waals surface area contributed by atoms with Gasteiger partial charge in [-0.05, 0) is 17.7 Å². The molecule has 0 aliphatic rings. The first-order valence-electron chi connectivity index (χ1n) is 3.74. The number of anilines is 1. The van der Waals surface area contributed by atoms with Gasteiger partial charge in [0.1, 0.15) is 4.77 Å². The maximum absolute atomic E-state index is 10.7. The van der Waals surface area contributed by atoms with Crippen molar-refractivity contribution in [3.8, 4) is 6.07 Å². The fourth-order valence-electron chi connectivity index (χ4n) is 0.993. The Hall–Kier alpha value is -1.29. The van der Waals surface area contributed by atoms with E-state index in [1.165, 1.54) is 0 Å². The predicted octanol–water partition coefficient (Wildman–Crippen LogP) is 1.45. The lowest BCUT2D eigenvalue weighted by atomic mass is 10.1. The molecule has 1 amide bonds. The van der Waals surface area contributed by atoms with Crippen LogP contribution in [0.4, 0.5) is 10.5 Å². The minimum atomic E-state index is -0.186. The molecule has 3 nitrogen and oxygen atoms in total. The first-order chi connectivity index (χ1) is 6.22. The second-order valence-electron chi connectivity index (χ2n) is 2.52. The van der Waals surface area contributed by atoms with E-state index >= 15 is 0 Å². The SMILES string of the molecule is N#CCc1cccc(N[C](=O)[Al])c1. The summed E-state index contributed by atoms with van der Waals surface area (Å²) in [5.41, 5.74) is 1.62. The van der Waals surface area contributed by atoms with Crippen LogP contribution in [-0.2, 0) is 6.42 Å². The topological polar surface area (TPSA) is 52.9 Å². The van der Waals surface area contributed by atoms with Crippen LogP contribution < -0.4 is 5.32 Å². The van der Waals surface area contributed by atoms with Crippen LogP contribution in [0.25, 0.3) is 0 Å². The number of benzene rings is 1. The Balaban J connectivity index is 2.80. The quantitative estimate of drug-likeness (QED) is 0.710. The van der Waals surface area contributed by atoms with E-state index < -0.39 is 0 Å². The van der Waals surface area contributed by atoms with E-state index in [-0.39, 0.29) is 4.77 Å². The third kappa shape index (κ3) is 3.29. The fraction of sp³-hybridized carbons (Fsp3) is 0.111. The summed E-state index contributed by atoms with van der Waals surface area (Å²) in [7, 11) is 0. The van der Waals surface area contributed by atoms with Crippen molar-refractivity contribution < 1.29 is 4.79 Å². The number of carbonyl (C=O) groups is 1. The van der Waals surface area contributed by atoms with E-state index in [0.29, 0.717) is 12.1 Å². The zero-order chi connectivity index (χ0) is 9.68. The largest absolute Gasteiger partial charge is 0.345 e. The first kappa shape index (κ1) is 9.80. The molecule has 0 spiro atoms. The van der Waals surface area contributed by atoms with Gasteiger partial charge in [-0.2, -0.15) is 5.26 Å². The minimum absolute atomic E-state index is 0.186. The summed E-state index contributed by atoms with van der Waals surface area (Å²) in [6.45, 7) is 0. The maximum atomic E-state index is 10.7. The monoisotopic (exact) mass is 186 g/mol. The number of nitriles is 1. The van der Waals surface area contributed by atoms with Crippen molar-refractivity contribution in [2.24, 2.45) is 0 Å². The summed E-state index contributed by atoms with van der Waals surface area (Å²) in [5.74, 6) is 0. The zero-order valence-electron chi connectivity index (χ0n) is 6.95. The molecule has 62 valence electrons. The number of hydrogen-bond acceptors (Lipinski definition) is 2. The van der Waals surface area contributed by atoms with Crippen LogP contribution in [0.5, 0.6) is 0 Å². The van der Waals surface area contributed by atoms with Crippen molar-refractivity contribution in [2.75, 3.05) is 5.32 Å². The highest BCUT2D eigenvalue weighted by molar-refractivity contribution is 6.60. The molecule has 1 aromatic rings. The van der Waals surface area contributed by atoms with Crippen molar-refractivity contribution in [2.45, 2.75) is 6.42 Å². The highest BCUT2D eigenvalue weighted by atomic mass is 27.0. The van der Waals surface area contributed by atoms with Crippen LogP contribution in [0.2, 0.25) is 0 Å². The van der Waals surface area contributed by atoms with Gasteiger partial charge in [0, 0.05) is 5.69 Å². The Kier molecular flexibility index (Phi) is 3.52. The van der Waals surface area contributed by atoms with Gasteiger partial charge in [0.25, 0.3) is 16.3 Å². The molecule has 0 aromatic heterocycles. The summed E-state index contributed by atoms with van der Waals surface area (Å²) in [6.07, 6.45) is 0.362. The van der Waals surface area contributed by atoms with Crippen LogP contribution in [0, 0.1) is 11.3 Å². The van der Waals surface area contributed by atoms with Gasteiger partial charge in [-0.3, -0.25) is 0 Å². The van der Waals surface area contributed by atoms with E-state index in [2.05, 4.69) is 5.32 Å². The number of hydrogen-bond donors (Lipinski definition) is 1. The summed E-state index contributed by atoms with van der Waals surface area (Å²) in [6, 6.07) is 9.27. The molecule has 0 atom stereocenters. The molecule has 0 saturated carbocycles.